The van der Waals surface area contributed by atoms with Crippen molar-refractivity contribution in [1.82, 2.24) is 4.90 Å². The largest absolute Gasteiger partial charge is 0.460 e. The Morgan fingerprint density at radius 2 is 1.41 bits per heavy atom. The van der Waals surface area contributed by atoms with E-state index >= 15 is 0 Å². The molecule has 1 N–H and O–H groups in total. The van der Waals surface area contributed by atoms with Gasteiger partial charge in [-0.15, -0.1) is 0 Å². The van der Waals surface area contributed by atoms with Crippen LogP contribution < -0.4 is 0 Å². The van der Waals surface area contributed by atoms with Crippen LogP contribution in [0.3, 0.4) is 0 Å². The van der Waals surface area contributed by atoms with E-state index in [-0.39, 0.29) is 12.0 Å². The first-order chi connectivity index (χ1) is 12.9. The average Bonchev–Trinajstić information content (AvgIpc) is 2.72. The van der Waals surface area contributed by atoms with Gasteiger partial charge in [-0.05, 0) is 31.1 Å². The van der Waals surface area contributed by atoms with Gasteiger partial charge in [-0.1, -0.05) is 81.4 Å². The molecule has 0 amide bonds. The molecule has 4 nitrogen and oxygen atoms in total. The highest BCUT2D eigenvalue weighted by Gasteiger charge is 2.42. The van der Waals surface area contributed by atoms with Gasteiger partial charge in [-0.25, -0.2) is 4.79 Å². The van der Waals surface area contributed by atoms with Gasteiger partial charge in [0.1, 0.15) is 6.10 Å². The van der Waals surface area contributed by atoms with Crippen molar-refractivity contribution < 1.29 is 14.6 Å². The first kappa shape index (κ1) is 21.1. The monoisotopic (exact) mass is 369 g/mol. The fourth-order valence-electron chi connectivity index (χ4n) is 3.17. The normalized spacial score (nSPS) is 14.0. The lowest BCUT2D eigenvalue weighted by atomic mass is 9.86. The molecule has 0 spiro atoms. The third kappa shape index (κ3) is 4.96. The Bertz CT molecular complexity index is 659. The Morgan fingerprint density at radius 3 is 1.81 bits per heavy atom. The van der Waals surface area contributed by atoms with Crippen LogP contribution >= 0.6 is 0 Å². The zero-order chi connectivity index (χ0) is 19.9. The van der Waals surface area contributed by atoms with Gasteiger partial charge in [0.05, 0.1) is 0 Å². The summed E-state index contributed by atoms with van der Waals surface area (Å²) in [5, 5.41) is 11.4. The average molecular weight is 370 g/mol. The molecule has 2 aromatic rings. The van der Waals surface area contributed by atoms with Gasteiger partial charge in [0.25, 0.3) is 0 Å². The molecule has 0 aliphatic carbocycles. The van der Waals surface area contributed by atoms with E-state index < -0.39 is 11.6 Å². The Labute approximate surface area is 162 Å². The first-order valence-electron chi connectivity index (χ1n) is 9.70. The molecular weight excluding hydrogens is 338 g/mol. The third-order valence-electron chi connectivity index (χ3n) is 5.21. The van der Waals surface area contributed by atoms with Crippen molar-refractivity contribution >= 4 is 5.97 Å². The summed E-state index contributed by atoms with van der Waals surface area (Å²) in [5.74, 6) is -0.483. The molecule has 27 heavy (non-hydrogen) atoms. The highest BCUT2D eigenvalue weighted by Crippen LogP contribution is 2.32. The van der Waals surface area contributed by atoms with E-state index in [1.807, 2.05) is 43.3 Å². The third-order valence-corrected chi connectivity index (χ3v) is 5.21. The molecular formula is C23H31NO3. The molecule has 2 aromatic carbocycles. The highest BCUT2D eigenvalue weighted by molar-refractivity contribution is 5.85. The Balaban J connectivity index is 2.25. The number of esters is 1. The maximum Gasteiger partial charge on any atom is 0.347 e. The highest BCUT2D eigenvalue weighted by atomic mass is 16.6. The number of benzene rings is 2. The second-order valence-electron chi connectivity index (χ2n) is 7.02. The fourth-order valence-corrected chi connectivity index (χ4v) is 3.17. The van der Waals surface area contributed by atoms with Gasteiger partial charge in [0, 0.05) is 12.5 Å². The van der Waals surface area contributed by atoms with Crippen LogP contribution in [0, 0.1) is 5.92 Å². The summed E-state index contributed by atoms with van der Waals surface area (Å²) >= 11 is 0. The molecule has 0 aromatic heterocycles. The zero-order valence-electron chi connectivity index (χ0n) is 16.8. The SMILES string of the molecule is CCN(CC)C[C@H](C)[C@H](C)OC(=O)C(O)(c1ccccc1)c1ccccc1. The van der Waals surface area contributed by atoms with Crippen molar-refractivity contribution in [1.29, 1.82) is 0 Å². The van der Waals surface area contributed by atoms with Gasteiger partial charge in [0.2, 0.25) is 5.60 Å². The lowest BCUT2D eigenvalue weighted by molar-refractivity contribution is -0.169. The number of hydrogen-bond donors (Lipinski definition) is 1. The molecule has 2 rings (SSSR count). The Hall–Kier alpha value is -2.17. The zero-order valence-corrected chi connectivity index (χ0v) is 16.8. The van der Waals surface area contributed by atoms with Crippen molar-refractivity contribution in [2.45, 2.75) is 39.4 Å². The van der Waals surface area contributed by atoms with Gasteiger partial charge in [-0.3, -0.25) is 0 Å². The van der Waals surface area contributed by atoms with Crippen LogP contribution in [-0.4, -0.2) is 41.7 Å². The Morgan fingerprint density at radius 1 is 0.963 bits per heavy atom. The number of carbonyl (C=O) groups is 1. The summed E-state index contributed by atoms with van der Waals surface area (Å²) in [5.41, 5.74) is -0.819. The number of rotatable bonds is 9. The van der Waals surface area contributed by atoms with Gasteiger partial charge in [0.15, 0.2) is 0 Å². The molecule has 0 saturated heterocycles. The van der Waals surface area contributed by atoms with Crippen molar-refractivity contribution in [2.75, 3.05) is 19.6 Å². The molecule has 4 heteroatoms. The van der Waals surface area contributed by atoms with Crippen LogP contribution in [0.2, 0.25) is 0 Å². The minimum Gasteiger partial charge on any atom is -0.460 e. The van der Waals surface area contributed by atoms with Crippen LogP contribution in [0.4, 0.5) is 0 Å². The van der Waals surface area contributed by atoms with E-state index in [0.29, 0.717) is 11.1 Å². The lowest BCUT2D eigenvalue weighted by Crippen LogP contribution is -2.42. The van der Waals surface area contributed by atoms with E-state index in [0.717, 1.165) is 19.6 Å². The molecule has 0 aliphatic rings. The first-order valence-corrected chi connectivity index (χ1v) is 9.70. The number of carbonyl (C=O) groups excluding carboxylic acids is 1. The van der Waals surface area contributed by atoms with Crippen LogP contribution in [-0.2, 0) is 15.1 Å². The second kappa shape index (κ2) is 9.67. The molecule has 0 fully saturated rings. The molecule has 146 valence electrons. The number of ether oxygens (including phenoxy) is 1. The van der Waals surface area contributed by atoms with E-state index in [2.05, 4.69) is 25.7 Å². The van der Waals surface area contributed by atoms with E-state index in [1.54, 1.807) is 24.3 Å². The van der Waals surface area contributed by atoms with Crippen molar-refractivity contribution in [3.63, 3.8) is 0 Å². The van der Waals surface area contributed by atoms with E-state index in [1.165, 1.54) is 0 Å². The summed E-state index contributed by atoms with van der Waals surface area (Å²) < 4.78 is 5.76. The van der Waals surface area contributed by atoms with E-state index in [4.69, 9.17) is 4.74 Å². The topological polar surface area (TPSA) is 49.8 Å². The Kier molecular flexibility index (Phi) is 7.57. The number of nitrogens with zero attached hydrogens (tertiary/aromatic N) is 1. The second-order valence-corrected chi connectivity index (χ2v) is 7.02. The van der Waals surface area contributed by atoms with Crippen LogP contribution in [0.1, 0.15) is 38.8 Å². The summed E-state index contributed by atoms with van der Waals surface area (Å²) in [6, 6.07) is 17.9. The summed E-state index contributed by atoms with van der Waals surface area (Å²) in [6.07, 6.45) is -0.308. The van der Waals surface area contributed by atoms with Gasteiger partial charge >= 0.3 is 5.97 Å². The van der Waals surface area contributed by atoms with Gasteiger partial charge < -0.3 is 14.7 Å². The minimum absolute atomic E-state index is 0.157. The van der Waals surface area contributed by atoms with Crippen LogP contribution in [0.5, 0.6) is 0 Å². The summed E-state index contributed by atoms with van der Waals surface area (Å²) in [6.45, 7) is 11.0. The van der Waals surface area contributed by atoms with Crippen LogP contribution in [0.25, 0.3) is 0 Å². The quantitative estimate of drug-likeness (QED) is 0.683. The van der Waals surface area contributed by atoms with Gasteiger partial charge in [-0.2, -0.15) is 0 Å². The summed E-state index contributed by atoms with van der Waals surface area (Å²) in [7, 11) is 0. The van der Waals surface area contributed by atoms with E-state index in [9.17, 15) is 9.90 Å². The molecule has 0 heterocycles. The lowest BCUT2D eigenvalue weighted by Gasteiger charge is -2.31. The maximum atomic E-state index is 13.1. The minimum atomic E-state index is -1.83. The molecule has 0 radical (unpaired) electrons. The molecule has 0 bridgehead atoms. The smallest absolute Gasteiger partial charge is 0.347 e. The molecule has 0 saturated carbocycles. The van der Waals surface area contributed by atoms with Crippen molar-refractivity contribution in [2.24, 2.45) is 5.92 Å². The van der Waals surface area contributed by atoms with Crippen molar-refractivity contribution in [3.05, 3.63) is 71.8 Å². The predicted octanol–water partition coefficient (Wildman–Crippen LogP) is 3.83. The van der Waals surface area contributed by atoms with Crippen molar-refractivity contribution in [3.8, 4) is 0 Å². The predicted molar refractivity (Wildman–Crippen MR) is 108 cm³/mol. The number of hydrogen-bond acceptors (Lipinski definition) is 4. The summed E-state index contributed by atoms with van der Waals surface area (Å²) in [4.78, 5) is 15.4. The fraction of sp³-hybridized carbons (Fsp3) is 0.435. The molecule has 0 aliphatic heterocycles. The molecule has 0 unspecified atom stereocenters. The molecule has 2 atom stereocenters. The maximum absolute atomic E-state index is 13.1. The standard InChI is InChI=1S/C23H31NO3/c1-5-24(6-2)17-18(3)19(4)27-22(25)23(26,20-13-9-7-10-14-20)21-15-11-8-12-16-21/h7-16,18-19,26H,5-6,17H2,1-4H3/t18-,19-/m0/s1. The van der Waals surface area contributed by atoms with Crippen LogP contribution in [0.15, 0.2) is 60.7 Å². The number of aliphatic hydroxyl groups is 1.